The molecule has 0 amide bonds. The van der Waals surface area contributed by atoms with E-state index in [0.717, 1.165) is 18.8 Å². The van der Waals surface area contributed by atoms with Gasteiger partial charge >= 0.3 is 0 Å². The van der Waals surface area contributed by atoms with Gasteiger partial charge in [-0.05, 0) is 41.5 Å². The number of thiol groups is 1. The Morgan fingerprint density at radius 1 is 1.04 bits per heavy atom. The highest BCUT2D eigenvalue weighted by Crippen LogP contribution is 2.21. The molecule has 0 aliphatic rings. The van der Waals surface area contributed by atoms with Gasteiger partial charge in [-0.1, -0.05) is 45.6 Å². The average molecular weight is 334 g/mol. The van der Waals surface area contributed by atoms with Gasteiger partial charge < -0.3 is 4.90 Å². The zero-order valence-electron chi connectivity index (χ0n) is 14.1. The Hall–Kier alpha value is -1.56. The van der Waals surface area contributed by atoms with Crippen molar-refractivity contribution in [3.8, 4) is 5.69 Å². The average Bonchev–Trinajstić information content (AvgIpc) is 3.00. The molecule has 0 aliphatic carbocycles. The molecule has 1 heterocycles. The number of hydrogen-bond acceptors (Lipinski definition) is 5. The first-order valence-electron chi connectivity index (χ1n) is 8.59. The van der Waals surface area contributed by atoms with Crippen molar-refractivity contribution in [3.05, 3.63) is 24.3 Å². The SMILES string of the molecule is CCCCCN(CCCCC)c1cccc(-n2nnnc2S)c1. The second kappa shape index (κ2) is 9.55. The molecule has 5 nitrogen and oxygen atoms in total. The predicted molar refractivity (Wildman–Crippen MR) is 97.7 cm³/mol. The van der Waals surface area contributed by atoms with Gasteiger partial charge in [-0.25, -0.2) is 0 Å². The molecule has 0 atom stereocenters. The molecule has 0 radical (unpaired) electrons. The topological polar surface area (TPSA) is 46.8 Å². The van der Waals surface area contributed by atoms with Crippen molar-refractivity contribution in [1.29, 1.82) is 0 Å². The number of rotatable bonds is 10. The normalized spacial score (nSPS) is 10.9. The molecular weight excluding hydrogens is 306 g/mol. The summed E-state index contributed by atoms with van der Waals surface area (Å²) >= 11 is 4.30. The highest BCUT2D eigenvalue weighted by molar-refractivity contribution is 7.80. The summed E-state index contributed by atoms with van der Waals surface area (Å²) in [4.78, 5) is 2.48. The van der Waals surface area contributed by atoms with Crippen LogP contribution in [0.15, 0.2) is 29.4 Å². The molecule has 0 fully saturated rings. The lowest BCUT2D eigenvalue weighted by molar-refractivity contribution is 0.636. The van der Waals surface area contributed by atoms with Gasteiger partial charge in [0.15, 0.2) is 0 Å². The van der Waals surface area contributed by atoms with Crippen LogP contribution in [0.2, 0.25) is 0 Å². The van der Waals surface area contributed by atoms with E-state index in [1.807, 2.05) is 6.07 Å². The zero-order chi connectivity index (χ0) is 16.5. The van der Waals surface area contributed by atoms with Gasteiger partial charge in [-0.2, -0.15) is 4.68 Å². The second-order valence-electron chi connectivity index (χ2n) is 5.81. The molecule has 1 aromatic carbocycles. The van der Waals surface area contributed by atoms with Crippen LogP contribution in [0.4, 0.5) is 5.69 Å². The van der Waals surface area contributed by atoms with Crippen molar-refractivity contribution >= 4 is 18.3 Å². The van der Waals surface area contributed by atoms with Crippen molar-refractivity contribution in [2.75, 3.05) is 18.0 Å². The zero-order valence-corrected chi connectivity index (χ0v) is 15.0. The third-order valence-corrected chi connectivity index (χ3v) is 4.23. The quantitative estimate of drug-likeness (QED) is 0.524. The molecule has 0 spiro atoms. The lowest BCUT2D eigenvalue weighted by Crippen LogP contribution is -2.25. The summed E-state index contributed by atoms with van der Waals surface area (Å²) < 4.78 is 1.66. The van der Waals surface area contributed by atoms with E-state index in [9.17, 15) is 0 Å². The van der Waals surface area contributed by atoms with E-state index >= 15 is 0 Å². The summed E-state index contributed by atoms with van der Waals surface area (Å²) in [5.41, 5.74) is 2.19. The first kappa shape index (κ1) is 17.8. The summed E-state index contributed by atoms with van der Waals surface area (Å²) in [7, 11) is 0. The number of aromatic nitrogens is 4. The van der Waals surface area contributed by atoms with Crippen LogP contribution in [-0.4, -0.2) is 33.3 Å². The number of tetrazole rings is 1. The number of hydrogen-bond donors (Lipinski definition) is 1. The van der Waals surface area contributed by atoms with E-state index in [4.69, 9.17) is 0 Å². The van der Waals surface area contributed by atoms with Gasteiger partial charge in [-0.3, -0.25) is 0 Å². The lowest BCUT2D eigenvalue weighted by Gasteiger charge is -2.25. The molecule has 0 saturated heterocycles. The summed E-state index contributed by atoms with van der Waals surface area (Å²) in [5, 5.41) is 12.0. The molecule has 0 saturated carbocycles. The standard InChI is InChI=1S/C17H27N5S/c1-3-5-7-12-21(13-8-6-4-2)15-10-9-11-16(14-15)22-17(23)18-19-20-22/h9-11,14H,3-8,12-13H2,1-2H3,(H,18,20,23). The molecule has 6 heteroatoms. The Balaban J connectivity index is 2.14. The fourth-order valence-electron chi connectivity index (χ4n) is 2.65. The van der Waals surface area contributed by atoms with E-state index in [-0.39, 0.29) is 0 Å². The Kier molecular flexibility index (Phi) is 7.39. The van der Waals surface area contributed by atoms with Crippen LogP contribution in [0.5, 0.6) is 0 Å². The van der Waals surface area contributed by atoms with Crippen molar-refractivity contribution in [1.82, 2.24) is 20.2 Å². The molecule has 0 aliphatic heterocycles. The first-order valence-corrected chi connectivity index (χ1v) is 9.03. The van der Waals surface area contributed by atoms with Gasteiger partial charge in [0.2, 0.25) is 5.16 Å². The fraction of sp³-hybridized carbons (Fsp3) is 0.588. The van der Waals surface area contributed by atoms with Gasteiger partial charge in [0.1, 0.15) is 0 Å². The monoisotopic (exact) mass is 333 g/mol. The van der Waals surface area contributed by atoms with Gasteiger partial charge in [0, 0.05) is 18.8 Å². The lowest BCUT2D eigenvalue weighted by atomic mass is 10.2. The number of nitrogens with zero attached hydrogens (tertiary/aromatic N) is 5. The van der Waals surface area contributed by atoms with Crippen molar-refractivity contribution < 1.29 is 0 Å². The van der Waals surface area contributed by atoms with Crippen molar-refractivity contribution in [3.63, 3.8) is 0 Å². The fourth-order valence-corrected chi connectivity index (χ4v) is 2.84. The maximum absolute atomic E-state index is 4.30. The van der Waals surface area contributed by atoms with Crippen LogP contribution in [0.25, 0.3) is 5.69 Å². The maximum Gasteiger partial charge on any atom is 0.211 e. The molecule has 0 N–H and O–H groups in total. The minimum atomic E-state index is 0.505. The van der Waals surface area contributed by atoms with Crippen LogP contribution in [0.3, 0.4) is 0 Å². The van der Waals surface area contributed by atoms with Crippen LogP contribution in [0.1, 0.15) is 52.4 Å². The van der Waals surface area contributed by atoms with Gasteiger partial charge in [0.05, 0.1) is 5.69 Å². The molecule has 2 rings (SSSR count). The van der Waals surface area contributed by atoms with E-state index in [1.54, 1.807) is 4.68 Å². The number of benzene rings is 1. The smallest absolute Gasteiger partial charge is 0.211 e. The van der Waals surface area contributed by atoms with Gasteiger partial charge in [-0.15, -0.1) is 17.7 Å². The van der Waals surface area contributed by atoms with E-state index in [1.165, 1.54) is 44.2 Å². The molecule has 23 heavy (non-hydrogen) atoms. The summed E-state index contributed by atoms with van der Waals surface area (Å²) in [6.45, 7) is 6.69. The minimum Gasteiger partial charge on any atom is -0.371 e. The number of anilines is 1. The molecule has 0 bridgehead atoms. The Bertz CT molecular complexity index is 574. The third-order valence-electron chi connectivity index (χ3n) is 3.96. The molecule has 2 aromatic rings. The van der Waals surface area contributed by atoms with Crippen molar-refractivity contribution in [2.45, 2.75) is 57.5 Å². The largest absolute Gasteiger partial charge is 0.371 e. The van der Waals surface area contributed by atoms with Gasteiger partial charge in [0.25, 0.3) is 0 Å². The molecule has 1 aromatic heterocycles. The third kappa shape index (κ3) is 5.23. The first-order chi connectivity index (χ1) is 11.3. The summed E-state index contributed by atoms with van der Waals surface area (Å²) in [5.74, 6) is 0. The second-order valence-corrected chi connectivity index (χ2v) is 6.21. The van der Waals surface area contributed by atoms with Crippen LogP contribution in [0, 0.1) is 0 Å². The molecule has 0 unspecified atom stereocenters. The highest BCUT2D eigenvalue weighted by atomic mass is 32.1. The van der Waals surface area contributed by atoms with Crippen molar-refractivity contribution in [2.24, 2.45) is 0 Å². The van der Waals surface area contributed by atoms with E-state index in [0.29, 0.717) is 5.16 Å². The highest BCUT2D eigenvalue weighted by Gasteiger charge is 2.09. The van der Waals surface area contributed by atoms with Crippen LogP contribution >= 0.6 is 12.6 Å². The summed E-state index contributed by atoms with van der Waals surface area (Å²) in [6, 6.07) is 8.39. The Labute approximate surface area is 144 Å². The van der Waals surface area contributed by atoms with E-state index < -0.39 is 0 Å². The molecule has 126 valence electrons. The van der Waals surface area contributed by atoms with E-state index in [2.05, 4.69) is 65.1 Å². The van der Waals surface area contributed by atoms with Crippen LogP contribution < -0.4 is 4.90 Å². The Morgan fingerprint density at radius 2 is 1.74 bits per heavy atom. The molecular formula is C17H27N5S. The van der Waals surface area contributed by atoms with Crippen LogP contribution in [-0.2, 0) is 0 Å². The maximum atomic E-state index is 4.30. The Morgan fingerprint density at radius 3 is 2.30 bits per heavy atom. The summed E-state index contributed by atoms with van der Waals surface area (Å²) in [6.07, 6.45) is 7.51. The minimum absolute atomic E-state index is 0.505. The number of unbranched alkanes of at least 4 members (excludes halogenated alkanes) is 4. The predicted octanol–water partition coefficient (Wildman–Crippen LogP) is 4.14.